The van der Waals surface area contributed by atoms with E-state index in [1.54, 1.807) is 41.7 Å². The average molecular weight is 633 g/mol. The number of carbonyl (C=O) groups excluding carboxylic acids is 2. The number of alkyl halides is 3. The van der Waals surface area contributed by atoms with E-state index in [4.69, 9.17) is 10.2 Å². The molecule has 0 saturated heterocycles. The molecule has 0 saturated carbocycles. The van der Waals surface area contributed by atoms with E-state index in [2.05, 4.69) is 6.92 Å². The Hall–Kier alpha value is -2.87. The Labute approximate surface area is 254 Å². The highest BCUT2D eigenvalue weighted by atomic mass is 32.2. The van der Waals surface area contributed by atoms with Crippen LogP contribution in [-0.2, 0) is 14.4 Å². The molecule has 0 aliphatic heterocycles. The van der Waals surface area contributed by atoms with Gasteiger partial charge in [-0.15, -0.1) is 11.8 Å². The molecule has 6 N–H and O–H groups in total. The van der Waals surface area contributed by atoms with E-state index in [1.165, 1.54) is 0 Å². The summed E-state index contributed by atoms with van der Waals surface area (Å²) in [6, 6.07) is 5.20. The van der Waals surface area contributed by atoms with E-state index in [9.17, 15) is 37.8 Å². The van der Waals surface area contributed by atoms with Crippen molar-refractivity contribution in [3.05, 3.63) is 53.6 Å². The van der Waals surface area contributed by atoms with Gasteiger partial charge in [-0.1, -0.05) is 68.3 Å². The lowest BCUT2D eigenvalue weighted by Gasteiger charge is -2.26. The Kier molecular flexibility index (Phi) is 18.6. The number of benzene rings is 1. The van der Waals surface area contributed by atoms with Crippen LogP contribution in [0.5, 0.6) is 0 Å². The van der Waals surface area contributed by atoms with Crippen LogP contribution < -0.4 is 10.6 Å². The molecule has 9 nitrogen and oxygen atoms in total. The summed E-state index contributed by atoms with van der Waals surface area (Å²) in [5.41, 5.74) is 1.28. The first-order valence-electron chi connectivity index (χ1n) is 14.3. The molecule has 0 aliphatic rings. The third kappa shape index (κ3) is 16.5. The summed E-state index contributed by atoms with van der Waals surface area (Å²) in [5, 5.41) is 42.1. The summed E-state index contributed by atoms with van der Waals surface area (Å²) in [7, 11) is 0. The predicted molar refractivity (Wildman–Crippen MR) is 160 cm³/mol. The molecule has 0 heterocycles. The molecule has 1 aromatic carbocycles. The van der Waals surface area contributed by atoms with Gasteiger partial charge in [0.15, 0.2) is 0 Å². The van der Waals surface area contributed by atoms with Gasteiger partial charge in [-0.05, 0) is 49.7 Å². The lowest BCUT2D eigenvalue weighted by molar-refractivity contribution is -0.174. The van der Waals surface area contributed by atoms with Crippen molar-refractivity contribution in [2.75, 3.05) is 18.9 Å². The standard InChI is InChI=1S/C30H43F3N2O7S/c1-2-3-4-5-6-7-13-23(37)16-15-21-11-10-12-22(18-21)27(25(38)14-8-9-17-36)43-20-24(28(41)34-19-26(39)40)35-29(42)30(31,32)33/h6-7,10-12,15-16,18,23-25,27,36-38H,2-5,8-9,13-14,17,19-20H2,1H3,(H,34,41)(H,35,42)(H,39,40)/b7-6+,16-15+/t23?,24-,25?,27?/m0/s1. The van der Waals surface area contributed by atoms with Crippen LogP contribution in [-0.4, -0.2) is 81.5 Å². The molecule has 0 radical (unpaired) electrons. The minimum atomic E-state index is -5.27. The summed E-state index contributed by atoms with van der Waals surface area (Å²) in [5.74, 6) is -5.30. The van der Waals surface area contributed by atoms with Gasteiger partial charge >= 0.3 is 18.1 Å². The maximum atomic E-state index is 12.9. The second-order valence-electron chi connectivity index (χ2n) is 9.98. The summed E-state index contributed by atoms with van der Waals surface area (Å²) < 4.78 is 38.8. The molecule has 43 heavy (non-hydrogen) atoms. The highest BCUT2D eigenvalue weighted by molar-refractivity contribution is 7.99. The van der Waals surface area contributed by atoms with Crippen LogP contribution in [0.25, 0.3) is 6.08 Å². The largest absolute Gasteiger partial charge is 0.480 e. The number of rotatable bonds is 21. The van der Waals surface area contributed by atoms with Crippen molar-refractivity contribution in [1.29, 1.82) is 0 Å². The minimum absolute atomic E-state index is 0.0869. The number of nitrogens with one attached hydrogen (secondary N) is 2. The number of hydrogen-bond donors (Lipinski definition) is 6. The molecule has 0 spiro atoms. The Balaban J connectivity index is 3.11. The molecular formula is C30H43F3N2O7S. The van der Waals surface area contributed by atoms with Crippen molar-refractivity contribution in [2.24, 2.45) is 0 Å². The number of aliphatic carboxylic acids is 1. The van der Waals surface area contributed by atoms with Gasteiger partial charge in [0.05, 0.1) is 17.5 Å². The van der Waals surface area contributed by atoms with E-state index >= 15 is 0 Å². The molecule has 13 heteroatoms. The number of carboxylic acid groups (broad SMARTS) is 1. The fourth-order valence-electron chi connectivity index (χ4n) is 3.96. The first-order valence-corrected chi connectivity index (χ1v) is 15.3. The van der Waals surface area contributed by atoms with E-state index in [1.807, 2.05) is 17.5 Å². The maximum Gasteiger partial charge on any atom is 0.471 e. The van der Waals surface area contributed by atoms with Crippen molar-refractivity contribution in [3.63, 3.8) is 0 Å². The Bertz CT molecular complexity index is 1050. The van der Waals surface area contributed by atoms with Crippen molar-refractivity contribution >= 4 is 35.6 Å². The number of allylic oxidation sites excluding steroid dienone is 1. The molecule has 4 atom stereocenters. The smallest absolute Gasteiger partial charge is 0.471 e. The van der Waals surface area contributed by atoms with Crippen molar-refractivity contribution in [1.82, 2.24) is 10.6 Å². The maximum absolute atomic E-state index is 12.9. The zero-order valence-electron chi connectivity index (χ0n) is 24.3. The fraction of sp³-hybridized carbons (Fsp3) is 0.567. The van der Waals surface area contributed by atoms with Gasteiger partial charge in [-0.3, -0.25) is 14.4 Å². The number of carbonyl (C=O) groups is 3. The van der Waals surface area contributed by atoms with Crippen molar-refractivity contribution in [3.8, 4) is 0 Å². The van der Waals surface area contributed by atoms with Crippen molar-refractivity contribution in [2.45, 2.75) is 88.0 Å². The third-order valence-corrected chi connectivity index (χ3v) is 7.73. The zero-order valence-corrected chi connectivity index (χ0v) is 25.1. The molecule has 0 aliphatic carbocycles. The quantitative estimate of drug-likeness (QED) is 0.0873. The number of halogens is 3. The molecule has 242 valence electrons. The van der Waals surface area contributed by atoms with Crippen LogP contribution in [0, 0.1) is 0 Å². The Morgan fingerprint density at radius 3 is 2.47 bits per heavy atom. The number of hydrogen-bond acceptors (Lipinski definition) is 7. The van der Waals surface area contributed by atoms with Crippen LogP contribution >= 0.6 is 11.8 Å². The van der Waals surface area contributed by atoms with E-state index < -0.39 is 59.8 Å². The topological polar surface area (TPSA) is 156 Å². The lowest BCUT2D eigenvalue weighted by atomic mass is 10.0. The van der Waals surface area contributed by atoms with Gasteiger partial charge in [-0.25, -0.2) is 0 Å². The van der Waals surface area contributed by atoms with E-state index in [0.717, 1.165) is 37.4 Å². The van der Waals surface area contributed by atoms with Gasteiger partial charge < -0.3 is 31.1 Å². The highest BCUT2D eigenvalue weighted by Crippen LogP contribution is 2.35. The van der Waals surface area contributed by atoms with Crippen LogP contribution in [0.3, 0.4) is 0 Å². The van der Waals surface area contributed by atoms with Crippen LogP contribution in [0.2, 0.25) is 0 Å². The SMILES string of the molecule is CCCCC/C=C/CC(O)/C=C/c1cccc(C(SC[C@H](NC(=O)C(F)(F)F)C(=O)NCC(=O)O)C(O)CCCCO)c1. The third-order valence-electron chi connectivity index (χ3n) is 6.26. The molecule has 3 unspecified atom stereocenters. The first kappa shape index (κ1) is 38.2. The number of carboxylic acids is 1. The molecule has 1 rings (SSSR count). The number of unbranched alkanes of at least 4 members (excludes halogenated alkanes) is 4. The van der Waals surface area contributed by atoms with Crippen LogP contribution in [0.4, 0.5) is 13.2 Å². The predicted octanol–water partition coefficient (Wildman–Crippen LogP) is 4.13. The lowest BCUT2D eigenvalue weighted by Crippen LogP contribution is -2.52. The van der Waals surface area contributed by atoms with Crippen molar-refractivity contribution < 1.29 is 48.0 Å². The van der Waals surface area contributed by atoms with Gasteiger partial charge in [0.2, 0.25) is 5.91 Å². The van der Waals surface area contributed by atoms with Gasteiger partial charge in [0.25, 0.3) is 0 Å². The Morgan fingerprint density at radius 2 is 1.81 bits per heavy atom. The number of aliphatic hydroxyl groups is 3. The number of aliphatic hydroxyl groups excluding tert-OH is 3. The highest BCUT2D eigenvalue weighted by Gasteiger charge is 2.41. The number of thioether (sulfide) groups is 1. The zero-order chi connectivity index (χ0) is 32.3. The van der Waals surface area contributed by atoms with E-state index in [-0.39, 0.29) is 13.0 Å². The van der Waals surface area contributed by atoms with Gasteiger partial charge in [0, 0.05) is 12.4 Å². The summed E-state index contributed by atoms with van der Waals surface area (Å²) in [4.78, 5) is 34.9. The average Bonchev–Trinajstić information content (AvgIpc) is 2.95. The molecule has 0 bridgehead atoms. The molecule has 0 aromatic heterocycles. The number of amides is 2. The van der Waals surface area contributed by atoms with Gasteiger partial charge in [-0.2, -0.15) is 13.2 Å². The molecule has 2 amide bonds. The second-order valence-corrected chi connectivity index (χ2v) is 11.2. The fourth-order valence-corrected chi connectivity index (χ4v) is 5.29. The van der Waals surface area contributed by atoms with Crippen LogP contribution in [0.15, 0.2) is 42.5 Å². The molecule has 0 fully saturated rings. The summed E-state index contributed by atoms with van der Waals surface area (Å²) in [6.07, 6.45) is 6.20. The first-order chi connectivity index (χ1) is 20.4. The van der Waals surface area contributed by atoms with E-state index in [0.29, 0.717) is 30.4 Å². The monoisotopic (exact) mass is 632 g/mol. The molecular weight excluding hydrogens is 589 g/mol. The minimum Gasteiger partial charge on any atom is -0.480 e. The normalized spacial score (nSPS) is 14.9. The summed E-state index contributed by atoms with van der Waals surface area (Å²) in [6.45, 7) is 1.19. The molecule has 1 aromatic rings. The van der Waals surface area contributed by atoms with Crippen LogP contribution in [0.1, 0.15) is 74.7 Å². The summed E-state index contributed by atoms with van der Waals surface area (Å²) >= 11 is 0.931. The van der Waals surface area contributed by atoms with Gasteiger partial charge in [0.1, 0.15) is 12.6 Å². The second kappa shape index (κ2) is 20.9. The Morgan fingerprint density at radius 1 is 1.07 bits per heavy atom.